The van der Waals surface area contributed by atoms with Crippen LogP contribution in [0.3, 0.4) is 0 Å². The van der Waals surface area contributed by atoms with E-state index in [2.05, 4.69) is 5.32 Å². The van der Waals surface area contributed by atoms with Gasteiger partial charge in [-0.3, -0.25) is 19.8 Å². The number of benzene rings is 1. The summed E-state index contributed by atoms with van der Waals surface area (Å²) in [6.07, 6.45) is 0. The zero-order chi connectivity index (χ0) is 15.1. The molecule has 1 aliphatic rings. The summed E-state index contributed by atoms with van der Waals surface area (Å²) >= 11 is 5.95. The van der Waals surface area contributed by atoms with Crippen LogP contribution in [0.25, 0.3) is 0 Å². The van der Waals surface area contributed by atoms with Crippen LogP contribution < -0.4 is 5.32 Å². The summed E-state index contributed by atoms with van der Waals surface area (Å²) in [5.74, 6) is -0.398. The van der Waals surface area contributed by atoms with Crippen molar-refractivity contribution in [3.63, 3.8) is 0 Å². The van der Waals surface area contributed by atoms with E-state index in [0.717, 1.165) is 4.90 Å². The van der Waals surface area contributed by atoms with Crippen LogP contribution in [0, 0.1) is 10.1 Å². The van der Waals surface area contributed by atoms with E-state index in [1.165, 1.54) is 18.2 Å². The summed E-state index contributed by atoms with van der Waals surface area (Å²) in [6.45, 7) is 3.07. The lowest BCUT2D eigenvalue weighted by Crippen LogP contribution is -2.40. The molecule has 7 nitrogen and oxygen atoms in total. The molecule has 0 spiro atoms. The second-order valence-electron chi connectivity index (χ2n) is 4.98. The molecule has 0 unspecified atom stereocenters. The van der Waals surface area contributed by atoms with Crippen molar-refractivity contribution in [1.29, 1.82) is 0 Å². The first kappa shape index (κ1) is 14.3. The highest BCUT2D eigenvalue weighted by atomic mass is 35.5. The second kappa shape index (κ2) is 4.75. The third-order valence-corrected chi connectivity index (χ3v) is 3.38. The molecule has 20 heavy (non-hydrogen) atoms. The Balaban J connectivity index is 2.31. The summed E-state index contributed by atoms with van der Waals surface area (Å²) in [5, 5.41) is 13.5. The van der Waals surface area contributed by atoms with E-state index in [-0.39, 0.29) is 17.3 Å². The summed E-state index contributed by atoms with van der Waals surface area (Å²) in [5.41, 5.74) is -0.776. The smallest absolute Gasteiger partial charge is 0.324 e. The molecule has 1 aromatic carbocycles. The maximum Gasteiger partial charge on any atom is 0.325 e. The van der Waals surface area contributed by atoms with E-state index in [0.29, 0.717) is 5.56 Å². The minimum absolute atomic E-state index is 0.103. The fourth-order valence-electron chi connectivity index (χ4n) is 1.93. The summed E-state index contributed by atoms with van der Waals surface area (Å²) < 4.78 is 0. The highest BCUT2D eigenvalue weighted by Gasteiger charge is 2.44. The molecule has 2 rings (SSSR count). The Morgan fingerprint density at radius 3 is 2.55 bits per heavy atom. The number of nitro benzene ring substituents is 1. The highest BCUT2D eigenvalue weighted by molar-refractivity contribution is 6.31. The molecule has 1 saturated heterocycles. The number of urea groups is 1. The van der Waals surface area contributed by atoms with Crippen molar-refractivity contribution in [2.45, 2.75) is 25.9 Å². The zero-order valence-electron chi connectivity index (χ0n) is 10.8. The molecule has 0 atom stereocenters. The number of non-ortho nitro benzene ring substituents is 1. The molecule has 1 fully saturated rings. The van der Waals surface area contributed by atoms with Crippen molar-refractivity contribution in [1.82, 2.24) is 10.2 Å². The highest BCUT2D eigenvalue weighted by Crippen LogP contribution is 2.26. The average molecular weight is 298 g/mol. The van der Waals surface area contributed by atoms with Crippen molar-refractivity contribution in [2.75, 3.05) is 0 Å². The van der Waals surface area contributed by atoms with Gasteiger partial charge < -0.3 is 5.32 Å². The van der Waals surface area contributed by atoms with Crippen molar-refractivity contribution >= 4 is 29.2 Å². The maximum atomic E-state index is 12.0. The Kier molecular flexibility index (Phi) is 3.39. The van der Waals surface area contributed by atoms with Crippen LogP contribution in [0.4, 0.5) is 10.5 Å². The number of hydrogen-bond donors (Lipinski definition) is 1. The van der Waals surface area contributed by atoms with E-state index in [1.54, 1.807) is 13.8 Å². The van der Waals surface area contributed by atoms with E-state index in [4.69, 9.17) is 11.6 Å². The lowest BCUT2D eigenvalue weighted by Gasteiger charge is -2.16. The van der Waals surface area contributed by atoms with Crippen LogP contribution in [0.2, 0.25) is 5.02 Å². The molecule has 106 valence electrons. The van der Waals surface area contributed by atoms with Crippen LogP contribution in [-0.2, 0) is 11.3 Å². The van der Waals surface area contributed by atoms with Gasteiger partial charge in [-0.2, -0.15) is 0 Å². The summed E-state index contributed by atoms with van der Waals surface area (Å²) in [7, 11) is 0. The largest absolute Gasteiger partial charge is 0.325 e. The van der Waals surface area contributed by atoms with Crippen LogP contribution in [0.15, 0.2) is 18.2 Å². The fourth-order valence-corrected chi connectivity index (χ4v) is 2.11. The molecule has 8 heteroatoms. The van der Waals surface area contributed by atoms with Crippen molar-refractivity contribution in [3.8, 4) is 0 Å². The Labute approximate surface area is 119 Å². The van der Waals surface area contributed by atoms with Gasteiger partial charge in [0.1, 0.15) is 5.54 Å². The number of imide groups is 1. The van der Waals surface area contributed by atoms with Crippen LogP contribution in [-0.4, -0.2) is 27.3 Å². The molecular formula is C12H12ClN3O4. The summed E-state index contributed by atoms with van der Waals surface area (Å²) in [4.78, 5) is 35.0. The number of amides is 3. The van der Waals surface area contributed by atoms with Crippen molar-refractivity contribution < 1.29 is 14.5 Å². The van der Waals surface area contributed by atoms with Gasteiger partial charge in [-0.15, -0.1) is 0 Å². The summed E-state index contributed by atoms with van der Waals surface area (Å²) in [6, 6.07) is 3.36. The van der Waals surface area contributed by atoms with Crippen molar-refractivity contribution in [2.24, 2.45) is 0 Å². The SMILES string of the molecule is CC1(C)NC(=O)N(Cc2cc([N+](=O)[O-])ccc2Cl)C1=O. The van der Waals surface area contributed by atoms with Gasteiger partial charge in [0.25, 0.3) is 11.6 Å². The van der Waals surface area contributed by atoms with Crippen LogP contribution in [0.5, 0.6) is 0 Å². The molecule has 1 heterocycles. The monoisotopic (exact) mass is 297 g/mol. The van der Waals surface area contributed by atoms with Crippen molar-refractivity contribution in [3.05, 3.63) is 38.9 Å². The number of rotatable bonds is 3. The molecule has 0 aromatic heterocycles. The molecule has 3 amide bonds. The minimum Gasteiger partial charge on any atom is -0.324 e. The number of nitrogens with one attached hydrogen (secondary N) is 1. The van der Waals surface area contributed by atoms with Crippen LogP contribution in [0.1, 0.15) is 19.4 Å². The lowest BCUT2D eigenvalue weighted by atomic mass is 10.1. The van der Waals surface area contributed by atoms with Gasteiger partial charge >= 0.3 is 6.03 Å². The van der Waals surface area contributed by atoms with E-state index >= 15 is 0 Å². The number of halogens is 1. The van der Waals surface area contributed by atoms with Gasteiger partial charge in [0.05, 0.1) is 11.5 Å². The van der Waals surface area contributed by atoms with Gasteiger partial charge in [-0.25, -0.2) is 4.79 Å². The number of nitro groups is 1. The molecule has 1 aromatic rings. The molecule has 1 N–H and O–H groups in total. The normalized spacial score (nSPS) is 17.2. The third kappa shape index (κ3) is 2.44. The first-order valence-electron chi connectivity index (χ1n) is 5.79. The molecule has 0 radical (unpaired) electrons. The zero-order valence-corrected chi connectivity index (χ0v) is 11.6. The van der Waals surface area contributed by atoms with E-state index < -0.39 is 22.4 Å². The predicted octanol–water partition coefficient (Wildman–Crippen LogP) is 2.08. The molecular weight excluding hydrogens is 286 g/mol. The topological polar surface area (TPSA) is 92.6 Å². The Morgan fingerprint density at radius 2 is 2.05 bits per heavy atom. The third-order valence-electron chi connectivity index (χ3n) is 3.01. The van der Waals surface area contributed by atoms with Gasteiger partial charge in [-0.05, 0) is 25.5 Å². The second-order valence-corrected chi connectivity index (χ2v) is 5.39. The number of nitrogens with zero attached hydrogens (tertiary/aromatic N) is 2. The van der Waals surface area contributed by atoms with Gasteiger partial charge in [-0.1, -0.05) is 11.6 Å². The predicted molar refractivity (Wildman–Crippen MR) is 71.3 cm³/mol. The standard InChI is InChI=1S/C12H12ClN3O4/c1-12(2)10(17)15(11(18)14-12)6-7-5-8(16(19)20)3-4-9(7)13/h3-5H,6H2,1-2H3,(H,14,18). The molecule has 1 aliphatic heterocycles. The van der Waals surface area contributed by atoms with Gasteiger partial charge in [0.2, 0.25) is 0 Å². The van der Waals surface area contributed by atoms with Crippen LogP contribution >= 0.6 is 11.6 Å². The Hall–Kier alpha value is -2.15. The van der Waals surface area contributed by atoms with E-state index in [1.807, 2.05) is 0 Å². The van der Waals surface area contributed by atoms with Gasteiger partial charge in [0.15, 0.2) is 0 Å². The minimum atomic E-state index is -0.982. The first-order chi connectivity index (χ1) is 9.22. The van der Waals surface area contributed by atoms with Gasteiger partial charge in [0, 0.05) is 17.2 Å². The molecule has 0 bridgehead atoms. The maximum absolute atomic E-state index is 12.0. The van der Waals surface area contributed by atoms with E-state index in [9.17, 15) is 19.7 Å². The number of carbonyl (C=O) groups excluding carboxylic acids is 2. The average Bonchev–Trinajstić information content (AvgIpc) is 2.53. The number of carbonyl (C=O) groups is 2. The first-order valence-corrected chi connectivity index (χ1v) is 6.17. The molecule has 0 aliphatic carbocycles. The lowest BCUT2D eigenvalue weighted by molar-refractivity contribution is -0.384. The fraction of sp³-hybridized carbons (Fsp3) is 0.333. The Morgan fingerprint density at radius 1 is 1.40 bits per heavy atom. The Bertz CT molecular complexity index is 615. The quantitative estimate of drug-likeness (QED) is 0.525. The molecule has 0 saturated carbocycles. The number of hydrogen-bond acceptors (Lipinski definition) is 4.